The molecular formula is C12H20N4O2. The first-order valence-electron chi connectivity index (χ1n) is 5.93. The molecule has 1 rings (SSSR count). The summed E-state index contributed by atoms with van der Waals surface area (Å²) in [6.07, 6.45) is 3.16. The van der Waals surface area contributed by atoms with Crippen LogP contribution in [-0.4, -0.2) is 47.8 Å². The molecule has 100 valence electrons. The van der Waals surface area contributed by atoms with Gasteiger partial charge in [0.1, 0.15) is 0 Å². The van der Waals surface area contributed by atoms with Gasteiger partial charge < -0.3 is 21.3 Å². The second kappa shape index (κ2) is 6.09. The minimum atomic E-state index is -0.177. The van der Waals surface area contributed by atoms with Gasteiger partial charge in [0.2, 0.25) is 0 Å². The van der Waals surface area contributed by atoms with Gasteiger partial charge in [-0.25, -0.2) is 0 Å². The lowest BCUT2D eigenvalue weighted by Gasteiger charge is -2.34. The van der Waals surface area contributed by atoms with Crippen LogP contribution in [0.15, 0.2) is 23.5 Å². The number of nitrogens with two attached hydrogens (primary N) is 2. The van der Waals surface area contributed by atoms with Gasteiger partial charge in [0.25, 0.3) is 11.8 Å². The van der Waals surface area contributed by atoms with Crippen LogP contribution in [0.25, 0.3) is 0 Å². The quantitative estimate of drug-likeness (QED) is 0.641. The highest BCUT2D eigenvalue weighted by Crippen LogP contribution is 2.06. The van der Waals surface area contributed by atoms with Crippen molar-refractivity contribution in [1.29, 1.82) is 0 Å². The van der Waals surface area contributed by atoms with Crippen LogP contribution >= 0.6 is 0 Å². The molecule has 0 aromatic carbocycles. The summed E-state index contributed by atoms with van der Waals surface area (Å²) in [5.41, 5.74) is 11.6. The van der Waals surface area contributed by atoms with Crippen LogP contribution in [0.1, 0.15) is 13.8 Å². The maximum Gasteiger partial charge on any atom is 0.269 e. The van der Waals surface area contributed by atoms with Gasteiger partial charge in [-0.3, -0.25) is 9.59 Å². The van der Waals surface area contributed by atoms with Crippen LogP contribution in [-0.2, 0) is 9.59 Å². The number of amides is 2. The van der Waals surface area contributed by atoms with Crippen LogP contribution < -0.4 is 11.5 Å². The second-order valence-electron chi connectivity index (χ2n) is 4.07. The summed E-state index contributed by atoms with van der Waals surface area (Å²) >= 11 is 0. The zero-order chi connectivity index (χ0) is 13.7. The average Bonchev–Trinajstić information content (AvgIpc) is 2.44. The van der Waals surface area contributed by atoms with E-state index in [0.29, 0.717) is 26.2 Å². The highest BCUT2D eigenvalue weighted by atomic mass is 16.2. The zero-order valence-electron chi connectivity index (χ0n) is 10.8. The first-order chi connectivity index (χ1) is 8.51. The Morgan fingerprint density at radius 3 is 1.33 bits per heavy atom. The minimum Gasteiger partial charge on any atom is -0.395 e. The van der Waals surface area contributed by atoms with Crippen molar-refractivity contribution in [1.82, 2.24) is 9.80 Å². The molecule has 1 aliphatic heterocycles. The van der Waals surface area contributed by atoms with Crippen LogP contribution in [0, 0.1) is 0 Å². The summed E-state index contributed by atoms with van der Waals surface area (Å²) in [4.78, 5) is 26.9. The Morgan fingerprint density at radius 2 is 1.11 bits per heavy atom. The fourth-order valence-electron chi connectivity index (χ4n) is 1.72. The number of hydrogen-bond donors (Lipinski definition) is 2. The molecule has 1 aliphatic rings. The van der Waals surface area contributed by atoms with E-state index in [2.05, 4.69) is 0 Å². The molecule has 0 aromatic heterocycles. The van der Waals surface area contributed by atoms with E-state index in [0.717, 1.165) is 0 Å². The fourth-order valence-corrected chi connectivity index (χ4v) is 1.72. The van der Waals surface area contributed by atoms with Gasteiger partial charge in [-0.05, 0) is 13.8 Å². The summed E-state index contributed by atoms with van der Waals surface area (Å²) in [6.45, 7) is 5.37. The van der Waals surface area contributed by atoms with Crippen molar-refractivity contribution in [2.75, 3.05) is 26.2 Å². The Morgan fingerprint density at radius 1 is 0.833 bits per heavy atom. The van der Waals surface area contributed by atoms with Gasteiger partial charge in [0, 0.05) is 26.2 Å². The molecule has 0 radical (unpaired) electrons. The summed E-state index contributed by atoms with van der Waals surface area (Å²) in [6, 6.07) is 0. The van der Waals surface area contributed by atoms with Crippen molar-refractivity contribution in [3.8, 4) is 0 Å². The number of allylic oxidation sites excluding steroid dienone is 2. The number of carbonyl (C=O) groups is 2. The minimum absolute atomic E-state index is 0.177. The van der Waals surface area contributed by atoms with E-state index in [1.807, 2.05) is 0 Å². The Bertz CT molecular complexity index is 355. The molecule has 0 aliphatic carbocycles. The largest absolute Gasteiger partial charge is 0.395 e. The molecule has 0 atom stereocenters. The lowest BCUT2D eigenvalue weighted by atomic mass is 10.2. The SMILES string of the molecule is CC=C(N)C(=O)N1CCN(C(=O)C(N)=CC)CC1. The summed E-state index contributed by atoms with van der Waals surface area (Å²) in [5.74, 6) is -0.354. The van der Waals surface area contributed by atoms with E-state index < -0.39 is 0 Å². The van der Waals surface area contributed by atoms with Gasteiger partial charge in [-0.2, -0.15) is 0 Å². The third kappa shape index (κ3) is 3.03. The molecule has 1 saturated heterocycles. The molecule has 0 spiro atoms. The standard InChI is InChI=1S/C12H20N4O2/c1-3-9(13)11(17)15-5-7-16(8-6-15)12(18)10(14)4-2/h3-4H,5-8,13-14H2,1-2H3. The normalized spacial score (nSPS) is 17.9. The molecule has 1 fully saturated rings. The number of hydrogen-bond acceptors (Lipinski definition) is 4. The maximum absolute atomic E-state index is 11.8. The molecule has 2 amide bonds. The van der Waals surface area contributed by atoms with E-state index in [9.17, 15) is 9.59 Å². The van der Waals surface area contributed by atoms with Crippen LogP contribution in [0.3, 0.4) is 0 Å². The Labute approximate surface area is 107 Å². The number of piperazine rings is 1. The smallest absolute Gasteiger partial charge is 0.269 e. The van der Waals surface area contributed by atoms with Crippen molar-refractivity contribution in [2.24, 2.45) is 11.5 Å². The van der Waals surface area contributed by atoms with Crippen molar-refractivity contribution in [2.45, 2.75) is 13.8 Å². The maximum atomic E-state index is 11.8. The zero-order valence-corrected chi connectivity index (χ0v) is 10.8. The highest BCUT2D eigenvalue weighted by molar-refractivity contribution is 5.94. The fraction of sp³-hybridized carbons (Fsp3) is 0.500. The van der Waals surface area contributed by atoms with E-state index >= 15 is 0 Å². The molecular weight excluding hydrogens is 232 g/mol. The molecule has 0 aromatic rings. The Balaban J connectivity index is 2.57. The molecule has 18 heavy (non-hydrogen) atoms. The van der Waals surface area contributed by atoms with E-state index in [1.54, 1.807) is 35.8 Å². The van der Waals surface area contributed by atoms with Gasteiger partial charge in [-0.15, -0.1) is 0 Å². The predicted octanol–water partition coefficient (Wildman–Crippen LogP) is -0.618. The van der Waals surface area contributed by atoms with Crippen molar-refractivity contribution in [3.63, 3.8) is 0 Å². The van der Waals surface area contributed by atoms with Gasteiger partial charge >= 0.3 is 0 Å². The molecule has 0 unspecified atom stereocenters. The van der Waals surface area contributed by atoms with E-state index in [1.165, 1.54) is 0 Å². The third-order valence-corrected chi connectivity index (χ3v) is 2.97. The monoisotopic (exact) mass is 252 g/mol. The van der Waals surface area contributed by atoms with Crippen LogP contribution in [0.4, 0.5) is 0 Å². The van der Waals surface area contributed by atoms with Gasteiger partial charge in [0.15, 0.2) is 0 Å². The summed E-state index contributed by atoms with van der Waals surface area (Å²) < 4.78 is 0. The highest BCUT2D eigenvalue weighted by Gasteiger charge is 2.25. The van der Waals surface area contributed by atoms with Crippen molar-refractivity contribution < 1.29 is 9.59 Å². The Hall–Kier alpha value is -1.98. The lowest BCUT2D eigenvalue weighted by Crippen LogP contribution is -2.52. The van der Waals surface area contributed by atoms with Crippen molar-refractivity contribution >= 4 is 11.8 Å². The van der Waals surface area contributed by atoms with Gasteiger partial charge in [0.05, 0.1) is 11.4 Å². The molecule has 0 bridgehead atoms. The first-order valence-corrected chi connectivity index (χ1v) is 5.93. The summed E-state index contributed by atoms with van der Waals surface area (Å²) in [7, 11) is 0. The van der Waals surface area contributed by atoms with E-state index in [-0.39, 0.29) is 23.2 Å². The molecule has 6 nitrogen and oxygen atoms in total. The molecule has 6 heteroatoms. The Kier molecular flexibility index (Phi) is 4.76. The third-order valence-electron chi connectivity index (χ3n) is 2.97. The number of rotatable bonds is 2. The van der Waals surface area contributed by atoms with Gasteiger partial charge in [-0.1, -0.05) is 12.2 Å². The molecule has 4 N–H and O–H groups in total. The predicted molar refractivity (Wildman–Crippen MR) is 69.0 cm³/mol. The average molecular weight is 252 g/mol. The molecule has 0 saturated carbocycles. The number of nitrogens with zero attached hydrogens (tertiary/aromatic N) is 2. The first kappa shape index (κ1) is 14.1. The number of carbonyl (C=O) groups excluding carboxylic acids is 2. The van der Waals surface area contributed by atoms with Crippen LogP contribution in [0.5, 0.6) is 0 Å². The summed E-state index contributed by atoms with van der Waals surface area (Å²) in [5, 5.41) is 0. The lowest BCUT2D eigenvalue weighted by molar-refractivity contribution is -0.135. The molecule has 1 heterocycles. The second-order valence-corrected chi connectivity index (χ2v) is 4.07. The van der Waals surface area contributed by atoms with Crippen LogP contribution in [0.2, 0.25) is 0 Å². The topological polar surface area (TPSA) is 92.7 Å². The van der Waals surface area contributed by atoms with E-state index in [4.69, 9.17) is 11.5 Å². The van der Waals surface area contributed by atoms with Crippen molar-refractivity contribution in [3.05, 3.63) is 23.5 Å².